The second kappa shape index (κ2) is 7.29. The number of fused-ring (bicyclic) bond motifs is 2. The fourth-order valence-corrected chi connectivity index (χ4v) is 4.10. The van der Waals surface area contributed by atoms with E-state index in [1.807, 2.05) is 19.1 Å². The maximum atomic E-state index is 13.1. The Bertz CT molecular complexity index is 1430. The number of alkyl halides is 3. The molecule has 3 heterocycles. The highest BCUT2D eigenvalue weighted by Gasteiger charge is 2.31. The first kappa shape index (κ1) is 20.9. The van der Waals surface area contributed by atoms with Gasteiger partial charge in [-0.2, -0.15) is 18.3 Å². The normalized spacial score (nSPS) is 14.1. The zero-order chi connectivity index (χ0) is 23.5. The number of rotatable bonds is 2. The van der Waals surface area contributed by atoms with Crippen LogP contribution >= 0.6 is 0 Å². The lowest BCUT2D eigenvalue weighted by Crippen LogP contribution is -2.41. The Morgan fingerprint density at radius 3 is 2.58 bits per heavy atom. The number of carbonyl (C=O) groups is 1. The number of hydrogen-bond donors (Lipinski definition) is 1. The summed E-state index contributed by atoms with van der Waals surface area (Å²) in [6.07, 6.45) is -3.04. The molecule has 5 rings (SSSR count). The molecule has 0 radical (unpaired) electrons. The van der Waals surface area contributed by atoms with Crippen LogP contribution in [-0.4, -0.2) is 32.2 Å². The number of aryl methyl sites for hydroxylation is 1. The minimum absolute atomic E-state index is 0.166. The summed E-state index contributed by atoms with van der Waals surface area (Å²) in [5.41, 5.74) is 9.00. The van der Waals surface area contributed by atoms with Gasteiger partial charge in [0.1, 0.15) is 11.5 Å². The van der Waals surface area contributed by atoms with Crippen molar-refractivity contribution in [2.24, 2.45) is 0 Å². The predicted molar refractivity (Wildman–Crippen MR) is 118 cm³/mol. The van der Waals surface area contributed by atoms with E-state index in [0.29, 0.717) is 52.5 Å². The lowest BCUT2D eigenvalue weighted by Gasteiger charge is -2.29. The molecule has 2 aromatic carbocycles. The zero-order valence-electron chi connectivity index (χ0n) is 17.8. The van der Waals surface area contributed by atoms with Crippen LogP contribution in [0.5, 0.6) is 0 Å². The number of hydrogen-bond acceptors (Lipinski definition) is 5. The average molecular weight is 452 g/mol. The van der Waals surface area contributed by atoms with Crippen molar-refractivity contribution in [1.29, 1.82) is 0 Å². The summed E-state index contributed by atoms with van der Waals surface area (Å²) in [5, 5.41) is 4.53. The largest absolute Gasteiger partial charge is 0.416 e. The smallest absolute Gasteiger partial charge is 0.382 e. The fraction of sp³-hybridized carbons (Fsp3) is 0.217. The monoisotopic (exact) mass is 452 g/mol. The highest BCUT2D eigenvalue weighted by Crippen LogP contribution is 2.33. The quantitative estimate of drug-likeness (QED) is 0.488. The van der Waals surface area contributed by atoms with E-state index in [1.54, 1.807) is 22.6 Å². The Kier molecular flexibility index (Phi) is 4.62. The molecule has 0 fully saturated rings. The second-order valence-corrected chi connectivity index (χ2v) is 8.01. The van der Waals surface area contributed by atoms with Crippen LogP contribution < -0.4 is 10.6 Å². The van der Waals surface area contributed by atoms with Gasteiger partial charge >= 0.3 is 6.18 Å². The van der Waals surface area contributed by atoms with Crippen molar-refractivity contribution in [3.05, 3.63) is 65.0 Å². The molecule has 2 N–H and O–H groups in total. The van der Waals surface area contributed by atoms with E-state index in [2.05, 4.69) is 15.1 Å². The lowest BCUT2D eigenvalue weighted by atomic mass is 10.1. The van der Waals surface area contributed by atoms with Gasteiger partial charge in [-0.15, -0.1) is 0 Å². The van der Waals surface area contributed by atoms with Crippen LogP contribution in [0.2, 0.25) is 0 Å². The van der Waals surface area contributed by atoms with Crippen LogP contribution in [0.4, 0.5) is 24.7 Å². The summed E-state index contributed by atoms with van der Waals surface area (Å²) in [4.78, 5) is 23.5. The van der Waals surface area contributed by atoms with Crippen molar-refractivity contribution in [3.8, 4) is 11.4 Å². The third kappa shape index (κ3) is 3.47. The highest BCUT2D eigenvalue weighted by atomic mass is 19.4. The molecule has 0 bridgehead atoms. The summed E-state index contributed by atoms with van der Waals surface area (Å²) in [6, 6.07) is 8.88. The number of amides is 1. The van der Waals surface area contributed by atoms with Gasteiger partial charge in [0.15, 0.2) is 5.82 Å². The van der Waals surface area contributed by atoms with Crippen LogP contribution in [0.3, 0.4) is 0 Å². The first-order chi connectivity index (χ1) is 15.6. The molecule has 0 saturated heterocycles. The van der Waals surface area contributed by atoms with Crippen molar-refractivity contribution in [3.63, 3.8) is 0 Å². The number of nitrogens with two attached hydrogens (primary N) is 1. The van der Waals surface area contributed by atoms with Gasteiger partial charge in [-0.1, -0.05) is 0 Å². The van der Waals surface area contributed by atoms with Crippen molar-refractivity contribution >= 4 is 28.3 Å². The predicted octanol–water partition coefficient (Wildman–Crippen LogP) is 4.37. The molecule has 2 aromatic heterocycles. The first-order valence-corrected chi connectivity index (χ1v) is 10.2. The van der Waals surface area contributed by atoms with Crippen LogP contribution in [-0.2, 0) is 12.7 Å². The molecule has 1 amide bonds. The Morgan fingerprint density at radius 1 is 1.06 bits per heavy atom. The molecule has 1 aliphatic rings. The maximum Gasteiger partial charge on any atom is 0.416 e. The van der Waals surface area contributed by atoms with Gasteiger partial charge in [0.05, 0.1) is 17.6 Å². The molecule has 7 nitrogen and oxygen atoms in total. The van der Waals surface area contributed by atoms with E-state index >= 15 is 0 Å². The Labute approximate surface area is 186 Å². The average Bonchev–Trinajstić information content (AvgIpc) is 3.07. The molecule has 4 aromatic rings. The highest BCUT2D eigenvalue weighted by molar-refractivity contribution is 6.07. The number of benzene rings is 2. The van der Waals surface area contributed by atoms with Gasteiger partial charge < -0.3 is 10.6 Å². The third-order valence-electron chi connectivity index (χ3n) is 5.86. The van der Waals surface area contributed by atoms with Crippen LogP contribution in [0.1, 0.15) is 27.2 Å². The molecule has 168 valence electrons. The third-order valence-corrected chi connectivity index (χ3v) is 5.86. The van der Waals surface area contributed by atoms with E-state index in [1.165, 1.54) is 12.3 Å². The lowest BCUT2D eigenvalue weighted by molar-refractivity contribution is -0.137. The molecule has 0 atom stereocenters. The van der Waals surface area contributed by atoms with E-state index in [4.69, 9.17) is 5.73 Å². The summed E-state index contributed by atoms with van der Waals surface area (Å²) >= 11 is 0. The van der Waals surface area contributed by atoms with Gasteiger partial charge in [0.25, 0.3) is 5.91 Å². The minimum Gasteiger partial charge on any atom is -0.382 e. The summed E-state index contributed by atoms with van der Waals surface area (Å²) in [7, 11) is 0. The van der Waals surface area contributed by atoms with Gasteiger partial charge in [0.2, 0.25) is 0 Å². The molecule has 1 aliphatic heterocycles. The van der Waals surface area contributed by atoms with Gasteiger partial charge in [-0.05, 0) is 55.8 Å². The number of halogens is 3. The van der Waals surface area contributed by atoms with Gasteiger partial charge in [-0.25, -0.2) is 9.97 Å². The molecular weight excluding hydrogens is 433 g/mol. The number of anilines is 2. The Hall–Kier alpha value is -3.95. The van der Waals surface area contributed by atoms with E-state index < -0.39 is 11.7 Å². The van der Waals surface area contributed by atoms with Crippen molar-refractivity contribution in [2.45, 2.75) is 26.6 Å². The van der Waals surface area contributed by atoms with Crippen molar-refractivity contribution in [1.82, 2.24) is 19.7 Å². The van der Waals surface area contributed by atoms with Crippen LogP contribution in [0.15, 0.2) is 42.6 Å². The maximum absolute atomic E-state index is 13.1. The molecule has 0 unspecified atom stereocenters. The Balaban J connectivity index is 1.47. The van der Waals surface area contributed by atoms with Crippen LogP contribution in [0, 0.1) is 13.8 Å². The van der Waals surface area contributed by atoms with E-state index in [-0.39, 0.29) is 5.91 Å². The summed E-state index contributed by atoms with van der Waals surface area (Å²) in [5.74, 6) is 0.577. The van der Waals surface area contributed by atoms with Gasteiger partial charge in [-0.3, -0.25) is 9.48 Å². The summed E-state index contributed by atoms with van der Waals surface area (Å²) in [6.45, 7) is 4.66. The van der Waals surface area contributed by atoms with Gasteiger partial charge in [0, 0.05) is 34.9 Å². The molecule has 0 saturated carbocycles. The second-order valence-electron chi connectivity index (χ2n) is 8.01. The van der Waals surface area contributed by atoms with E-state index in [9.17, 15) is 18.0 Å². The van der Waals surface area contributed by atoms with Crippen molar-refractivity contribution < 1.29 is 18.0 Å². The molecule has 0 spiro atoms. The first-order valence-electron chi connectivity index (χ1n) is 10.2. The number of nitrogen functional groups attached to an aromatic ring is 1. The van der Waals surface area contributed by atoms with E-state index in [0.717, 1.165) is 23.4 Å². The van der Waals surface area contributed by atoms with Crippen molar-refractivity contribution in [2.75, 3.05) is 17.2 Å². The number of nitrogens with zero attached hydrogens (tertiary/aromatic N) is 5. The SMILES string of the molecule is Cc1cc(-c2ncc3cc(C(F)(F)F)ccc3n2)ccc1N1CCn2nc(N)c(C)c2C1=O. The number of aromatic nitrogens is 4. The molecular formula is C23H19F3N6O. The zero-order valence-corrected chi connectivity index (χ0v) is 17.8. The standard InChI is InChI=1S/C23H19F3N6O/c1-12-9-14(21-28-11-15-10-16(23(24,25)26)4-5-17(15)29-21)3-6-18(12)31-7-8-32-19(22(31)33)13(2)20(27)30-32/h3-6,9-11H,7-8H2,1-2H3,(H2,27,30). The van der Waals surface area contributed by atoms with Crippen LogP contribution in [0.25, 0.3) is 22.3 Å². The molecule has 10 heteroatoms. The molecule has 0 aliphatic carbocycles. The summed E-state index contributed by atoms with van der Waals surface area (Å²) < 4.78 is 40.5. The topological polar surface area (TPSA) is 89.9 Å². The minimum atomic E-state index is -4.42. The number of carbonyl (C=O) groups excluding carboxylic acids is 1. The Morgan fingerprint density at radius 2 is 1.85 bits per heavy atom. The molecule has 33 heavy (non-hydrogen) atoms. The fourth-order valence-electron chi connectivity index (χ4n) is 4.10.